The highest BCUT2D eigenvalue weighted by atomic mass is 35.5. The highest BCUT2D eigenvalue weighted by Crippen LogP contribution is 2.56. The van der Waals surface area contributed by atoms with Crippen LogP contribution in [0.3, 0.4) is 0 Å². The number of hydrogen-bond acceptors (Lipinski definition) is 1. The van der Waals surface area contributed by atoms with E-state index in [4.69, 9.17) is 35.0 Å². The van der Waals surface area contributed by atoms with E-state index >= 15 is 0 Å². The van der Waals surface area contributed by atoms with Crippen LogP contribution in [0, 0.1) is 0 Å². The van der Waals surface area contributed by atoms with Crippen molar-refractivity contribution >= 4 is 63.9 Å². The van der Waals surface area contributed by atoms with E-state index < -0.39 is 4.44 Å². The van der Waals surface area contributed by atoms with Crippen molar-refractivity contribution in [3.8, 4) is 0 Å². The van der Waals surface area contributed by atoms with Crippen LogP contribution in [0.25, 0.3) is 0 Å². The molecule has 0 fully saturated rings. The maximum absolute atomic E-state index is 6.00. The van der Waals surface area contributed by atoms with Crippen LogP contribution < -0.4 is 0 Å². The minimum absolute atomic E-state index is 0.648. The topological polar surface area (TPSA) is 0 Å². The zero-order valence-electron chi connectivity index (χ0n) is 7.15. The van der Waals surface area contributed by atoms with Crippen molar-refractivity contribution in [2.45, 2.75) is 6.42 Å². The molecule has 0 aliphatic carbocycles. The van der Waals surface area contributed by atoms with Crippen LogP contribution in [0.5, 0.6) is 0 Å². The van der Waals surface area contributed by atoms with Crippen molar-refractivity contribution in [3.63, 3.8) is 0 Å². The number of benzene rings is 1. The fourth-order valence-electron chi connectivity index (χ4n) is 0.991. The van der Waals surface area contributed by atoms with Crippen molar-refractivity contribution in [1.82, 2.24) is 0 Å². The van der Waals surface area contributed by atoms with Gasteiger partial charge in [0.2, 0.25) is 0 Å². The average Bonchev–Trinajstić information content (AvgIpc) is 2.00. The summed E-state index contributed by atoms with van der Waals surface area (Å²) in [6.07, 6.45) is 1.59. The fraction of sp³-hybridized carbons (Fsp3) is 0.250. The van der Waals surface area contributed by atoms with Crippen LogP contribution in [-0.2, 0) is 18.2 Å². The predicted octanol–water partition coefficient (Wildman–Crippen LogP) is 4.71. The van der Waals surface area contributed by atoms with E-state index in [0.29, 0.717) is 10.0 Å². The van der Waals surface area contributed by atoms with Crippen molar-refractivity contribution in [2.24, 2.45) is 0 Å². The average molecular weight is 303 g/mol. The molecule has 0 spiro atoms. The summed E-state index contributed by atoms with van der Waals surface area (Å²) >= 11 is 25.4. The molecule has 0 bridgehead atoms. The molecule has 0 atom stereocenters. The molecule has 0 saturated carbocycles. The highest BCUT2D eigenvalue weighted by molar-refractivity contribution is 8.92. The Morgan fingerprint density at radius 2 is 1.93 bits per heavy atom. The van der Waals surface area contributed by atoms with Gasteiger partial charge in [0.25, 0.3) is 0 Å². The lowest BCUT2D eigenvalue weighted by atomic mass is 10.2. The molecular weight excluding hydrogens is 294 g/mol. The fourth-order valence-corrected chi connectivity index (χ4v) is 2.90. The summed E-state index contributed by atoms with van der Waals surface area (Å²) in [7, 11) is 0. The first kappa shape index (κ1) is 13.2. The van der Waals surface area contributed by atoms with E-state index in [-0.39, 0.29) is 0 Å². The van der Waals surface area contributed by atoms with Crippen molar-refractivity contribution in [1.29, 1.82) is 0 Å². The first-order valence-electron chi connectivity index (χ1n) is 3.87. The minimum atomic E-state index is -1.73. The largest absolute Gasteiger partial charge is 0.132 e. The molecule has 0 amide bonds. The van der Waals surface area contributed by atoms with E-state index in [0.717, 1.165) is 18.1 Å². The summed E-state index contributed by atoms with van der Waals surface area (Å²) in [5, 5.41) is 1.33. The first-order chi connectivity index (χ1) is 6.38. The van der Waals surface area contributed by atoms with E-state index in [1.807, 2.05) is 12.1 Å². The lowest BCUT2D eigenvalue weighted by molar-refractivity contribution is 1.16. The molecule has 0 N–H and O–H groups in total. The van der Waals surface area contributed by atoms with E-state index in [2.05, 4.69) is 24.5 Å². The van der Waals surface area contributed by atoms with Crippen LogP contribution in [0.1, 0.15) is 5.56 Å². The number of rotatable bonds is 3. The normalized spacial score (nSPS) is 11.7. The predicted molar refractivity (Wildman–Crippen MR) is 77.3 cm³/mol. The van der Waals surface area contributed by atoms with Gasteiger partial charge in [0, 0.05) is 10.0 Å². The van der Waals surface area contributed by atoms with Gasteiger partial charge in [-0.05, 0) is 30.3 Å². The van der Waals surface area contributed by atoms with E-state index in [1.165, 1.54) is 0 Å². The summed E-state index contributed by atoms with van der Waals surface area (Å²) in [4.78, 5) is 0. The molecule has 0 aliphatic rings. The van der Waals surface area contributed by atoms with Crippen LogP contribution in [-0.4, -0.2) is 6.16 Å². The van der Waals surface area contributed by atoms with Gasteiger partial charge in [-0.25, -0.2) is 0 Å². The Balaban J connectivity index is 2.73. The maximum atomic E-state index is 6.00. The van der Waals surface area contributed by atoms with Crippen molar-refractivity contribution < 1.29 is 0 Å². The SMILES string of the molecule is S=P(S)(S)CCc1ccc(Cl)cc1Cl. The third-order valence-corrected chi connectivity index (χ3v) is 4.83. The van der Waals surface area contributed by atoms with Gasteiger partial charge in [-0.3, -0.25) is 0 Å². The second kappa shape index (κ2) is 5.47. The molecule has 0 nitrogen and oxygen atoms in total. The monoisotopic (exact) mass is 302 g/mol. The number of aryl methyl sites for hydroxylation is 1. The maximum Gasteiger partial charge on any atom is 0.0517 e. The van der Waals surface area contributed by atoms with Gasteiger partial charge in [-0.15, -0.1) is 24.5 Å². The molecule has 78 valence electrons. The summed E-state index contributed by atoms with van der Waals surface area (Å²) in [6.45, 7) is 0. The Hall–Kier alpha value is 1.15. The van der Waals surface area contributed by atoms with Crippen molar-refractivity contribution in [3.05, 3.63) is 33.8 Å². The third kappa shape index (κ3) is 4.78. The van der Waals surface area contributed by atoms with Gasteiger partial charge in [0.15, 0.2) is 0 Å². The molecule has 1 aromatic rings. The van der Waals surface area contributed by atoms with Gasteiger partial charge in [-0.2, -0.15) is 0 Å². The van der Waals surface area contributed by atoms with Gasteiger partial charge < -0.3 is 0 Å². The Labute approximate surface area is 110 Å². The molecule has 0 aromatic heterocycles. The Morgan fingerprint density at radius 1 is 1.29 bits per heavy atom. The Bertz CT molecular complexity index is 375. The zero-order valence-corrected chi connectivity index (χ0v) is 12.2. The molecule has 1 rings (SSSR count). The zero-order chi connectivity index (χ0) is 10.8. The first-order valence-corrected chi connectivity index (χ1v) is 9.92. The van der Waals surface area contributed by atoms with Crippen LogP contribution >= 0.6 is 52.1 Å². The van der Waals surface area contributed by atoms with E-state index in [1.54, 1.807) is 6.07 Å². The van der Waals surface area contributed by atoms with E-state index in [9.17, 15) is 0 Å². The lowest BCUT2D eigenvalue weighted by Crippen LogP contribution is -1.89. The molecule has 14 heavy (non-hydrogen) atoms. The number of halogens is 2. The number of hydrogen-bond donors (Lipinski definition) is 2. The van der Waals surface area contributed by atoms with Gasteiger partial charge >= 0.3 is 0 Å². The van der Waals surface area contributed by atoms with Gasteiger partial charge in [0.1, 0.15) is 0 Å². The van der Waals surface area contributed by atoms with Crippen LogP contribution in [0.2, 0.25) is 10.0 Å². The van der Waals surface area contributed by atoms with Gasteiger partial charge in [-0.1, -0.05) is 41.1 Å². The smallest absolute Gasteiger partial charge is 0.0517 e. The van der Waals surface area contributed by atoms with Gasteiger partial charge in [0.05, 0.1) is 4.44 Å². The molecule has 6 heteroatoms. The second-order valence-corrected chi connectivity index (χ2v) is 14.0. The highest BCUT2D eigenvalue weighted by Gasteiger charge is 2.07. The minimum Gasteiger partial charge on any atom is -0.132 e. The summed E-state index contributed by atoms with van der Waals surface area (Å²) in [5.41, 5.74) is 1.05. The van der Waals surface area contributed by atoms with Crippen LogP contribution in [0.15, 0.2) is 18.2 Å². The molecule has 0 unspecified atom stereocenters. The molecular formula is C8H9Cl2PS3. The lowest BCUT2D eigenvalue weighted by Gasteiger charge is -2.09. The standard InChI is InChI=1S/C8H9Cl2PS3/c9-7-2-1-6(8(10)5-7)3-4-11(12,13)14/h1-2,5H,3-4H2,(H2,12,13,14). The molecule has 1 aromatic carbocycles. The third-order valence-electron chi connectivity index (χ3n) is 1.69. The summed E-state index contributed by atoms with van der Waals surface area (Å²) in [6, 6.07) is 5.47. The summed E-state index contributed by atoms with van der Waals surface area (Å²) < 4.78 is -1.73. The molecule has 0 heterocycles. The molecule has 0 radical (unpaired) electrons. The number of thiol groups is 2. The van der Waals surface area contributed by atoms with Crippen LogP contribution in [0.4, 0.5) is 0 Å². The second-order valence-electron chi connectivity index (χ2n) is 2.87. The summed E-state index contributed by atoms with van der Waals surface area (Å²) in [5.74, 6) is 0. The molecule has 0 saturated heterocycles. The Kier molecular flexibility index (Phi) is 5.16. The molecule has 0 aliphatic heterocycles. The Morgan fingerprint density at radius 3 is 2.43 bits per heavy atom. The quantitative estimate of drug-likeness (QED) is 0.602. The van der Waals surface area contributed by atoms with Crippen molar-refractivity contribution in [2.75, 3.05) is 6.16 Å².